The van der Waals surface area contributed by atoms with Crippen molar-refractivity contribution in [3.63, 3.8) is 0 Å². The van der Waals surface area contributed by atoms with Gasteiger partial charge in [-0.25, -0.2) is 0 Å². The Labute approximate surface area is 130 Å². The minimum atomic E-state index is 0.0186. The second-order valence-corrected chi connectivity index (χ2v) is 6.57. The second-order valence-electron chi connectivity index (χ2n) is 5.71. The summed E-state index contributed by atoms with van der Waals surface area (Å²) < 4.78 is 1.10. The molecule has 0 radical (unpaired) electrons. The molecule has 0 heterocycles. The average Bonchev–Trinajstić information content (AvgIpc) is 2.33. The molecule has 1 unspecified atom stereocenters. The highest BCUT2D eigenvalue weighted by Gasteiger charge is 2.13. The zero-order valence-electron chi connectivity index (χ0n) is 12.6. The number of rotatable bonds is 3. The topological polar surface area (TPSA) is 26.0 Å². The van der Waals surface area contributed by atoms with Crippen molar-refractivity contribution in [1.29, 1.82) is 0 Å². The third-order valence-corrected chi connectivity index (χ3v) is 4.51. The van der Waals surface area contributed by atoms with Crippen molar-refractivity contribution in [1.82, 2.24) is 0 Å². The van der Waals surface area contributed by atoms with E-state index in [2.05, 4.69) is 74.0 Å². The van der Waals surface area contributed by atoms with Gasteiger partial charge in [0.15, 0.2) is 0 Å². The first-order valence-corrected chi connectivity index (χ1v) is 7.76. The van der Waals surface area contributed by atoms with Crippen LogP contribution in [0.3, 0.4) is 0 Å². The predicted molar refractivity (Wildman–Crippen MR) is 90.2 cm³/mol. The third-order valence-electron chi connectivity index (χ3n) is 3.82. The van der Waals surface area contributed by atoms with Crippen LogP contribution in [0.1, 0.15) is 39.4 Å². The molecule has 0 aliphatic carbocycles. The summed E-state index contributed by atoms with van der Waals surface area (Å²) in [7, 11) is 0. The average molecular weight is 332 g/mol. The Bertz CT molecular complexity index is 608. The van der Waals surface area contributed by atoms with Crippen LogP contribution in [0.25, 0.3) is 0 Å². The predicted octanol–water partition coefficient (Wildman–Crippen LogP) is 4.93. The van der Waals surface area contributed by atoms with Gasteiger partial charge in [-0.05, 0) is 68.0 Å². The molecule has 0 aliphatic rings. The van der Waals surface area contributed by atoms with E-state index in [0.717, 1.165) is 10.9 Å². The molecule has 2 aromatic rings. The molecule has 2 N–H and O–H groups in total. The molecule has 0 aliphatic heterocycles. The van der Waals surface area contributed by atoms with E-state index in [9.17, 15) is 0 Å². The van der Waals surface area contributed by atoms with Crippen LogP contribution < -0.4 is 5.73 Å². The summed E-state index contributed by atoms with van der Waals surface area (Å²) in [6.45, 7) is 8.58. The Morgan fingerprint density at radius 2 is 1.55 bits per heavy atom. The molecule has 0 amide bonds. The highest BCUT2D eigenvalue weighted by molar-refractivity contribution is 9.10. The van der Waals surface area contributed by atoms with Crippen LogP contribution in [0.15, 0.2) is 34.8 Å². The van der Waals surface area contributed by atoms with Gasteiger partial charge in [0.2, 0.25) is 0 Å². The number of hydrogen-bond acceptors (Lipinski definition) is 1. The Hall–Kier alpha value is -1.12. The van der Waals surface area contributed by atoms with Crippen LogP contribution in [0.5, 0.6) is 0 Å². The van der Waals surface area contributed by atoms with E-state index in [-0.39, 0.29) is 6.04 Å². The molecule has 0 fully saturated rings. The summed E-state index contributed by atoms with van der Waals surface area (Å²) in [5, 5.41) is 0. The lowest BCUT2D eigenvalue weighted by molar-refractivity contribution is 0.711. The molecule has 2 rings (SSSR count). The first-order valence-electron chi connectivity index (χ1n) is 6.97. The van der Waals surface area contributed by atoms with Crippen LogP contribution in [0.2, 0.25) is 0 Å². The first-order chi connectivity index (χ1) is 9.38. The molecule has 2 aromatic carbocycles. The molecule has 0 spiro atoms. The summed E-state index contributed by atoms with van der Waals surface area (Å²) in [6, 6.07) is 10.9. The summed E-state index contributed by atoms with van der Waals surface area (Å²) in [4.78, 5) is 0. The molecule has 20 heavy (non-hydrogen) atoms. The smallest absolute Gasteiger partial charge is 0.0347 e. The maximum atomic E-state index is 6.42. The minimum absolute atomic E-state index is 0.0186. The highest BCUT2D eigenvalue weighted by Crippen LogP contribution is 2.28. The molecule has 0 bridgehead atoms. The van der Waals surface area contributed by atoms with Gasteiger partial charge in [-0.15, -0.1) is 0 Å². The van der Waals surface area contributed by atoms with Crippen molar-refractivity contribution >= 4 is 15.9 Å². The molecule has 1 atom stereocenters. The molecular weight excluding hydrogens is 310 g/mol. The monoisotopic (exact) mass is 331 g/mol. The Balaban J connectivity index is 2.30. The lowest BCUT2D eigenvalue weighted by atomic mass is 9.92. The van der Waals surface area contributed by atoms with E-state index in [1.54, 1.807) is 0 Å². The van der Waals surface area contributed by atoms with E-state index in [1.165, 1.54) is 33.4 Å². The molecule has 1 nitrogen and oxygen atoms in total. The van der Waals surface area contributed by atoms with Gasteiger partial charge in [-0.3, -0.25) is 0 Å². The number of hydrogen-bond donors (Lipinski definition) is 1. The van der Waals surface area contributed by atoms with Crippen molar-refractivity contribution in [2.75, 3.05) is 0 Å². The van der Waals surface area contributed by atoms with Gasteiger partial charge in [0.25, 0.3) is 0 Å². The van der Waals surface area contributed by atoms with E-state index < -0.39 is 0 Å². The summed E-state index contributed by atoms with van der Waals surface area (Å²) in [5.41, 5.74) is 14.2. The normalized spacial score (nSPS) is 12.5. The van der Waals surface area contributed by atoms with E-state index >= 15 is 0 Å². The Morgan fingerprint density at radius 1 is 0.950 bits per heavy atom. The lowest BCUT2D eigenvalue weighted by Crippen LogP contribution is -2.15. The van der Waals surface area contributed by atoms with Gasteiger partial charge in [-0.2, -0.15) is 0 Å². The van der Waals surface area contributed by atoms with Gasteiger partial charge in [0.1, 0.15) is 0 Å². The van der Waals surface area contributed by atoms with E-state index in [1.807, 2.05) is 0 Å². The Morgan fingerprint density at radius 3 is 2.10 bits per heavy atom. The van der Waals surface area contributed by atoms with Gasteiger partial charge >= 0.3 is 0 Å². The Kier molecular flexibility index (Phi) is 4.66. The maximum absolute atomic E-state index is 6.42. The van der Waals surface area contributed by atoms with Crippen molar-refractivity contribution in [3.05, 3.63) is 68.2 Å². The fourth-order valence-corrected chi connectivity index (χ4v) is 3.58. The molecule has 0 aromatic heterocycles. The largest absolute Gasteiger partial charge is 0.324 e. The van der Waals surface area contributed by atoms with Gasteiger partial charge in [0.05, 0.1) is 0 Å². The van der Waals surface area contributed by atoms with Gasteiger partial charge in [-0.1, -0.05) is 45.8 Å². The van der Waals surface area contributed by atoms with Gasteiger partial charge < -0.3 is 5.73 Å². The lowest BCUT2D eigenvalue weighted by Gasteiger charge is -2.18. The summed E-state index contributed by atoms with van der Waals surface area (Å²) in [6.07, 6.45) is 0.875. The van der Waals surface area contributed by atoms with Crippen LogP contribution in [-0.4, -0.2) is 0 Å². The van der Waals surface area contributed by atoms with E-state index in [4.69, 9.17) is 5.73 Å². The molecule has 0 saturated heterocycles. The SMILES string of the molecule is Cc1cc(C)c(CC(N)c2ccc(C)cc2Br)c(C)c1. The van der Waals surface area contributed by atoms with Crippen LogP contribution in [-0.2, 0) is 6.42 Å². The number of benzene rings is 2. The minimum Gasteiger partial charge on any atom is -0.324 e. The van der Waals surface area contributed by atoms with Gasteiger partial charge in [0, 0.05) is 10.5 Å². The fourth-order valence-electron chi connectivity index (χ4n) is 2.79. The second kappa shape index (κ2) is 6.11. The first kappa shape index (κ1) is 15.3. The zero-order valence-corrected chi connectivity index (χ0v) is 14.2. The molecule has 0 saturated carbocycles. The van der Waals surface area contributed by atoms with E-state index in [0.29, 0.717) is 0 Å². The third kappa shape index (κ3) is 3.31. The maximum Gasteiger partial charge on any atom is 0.0347 e. The summed E-state index contributed by atoms with van der Waals surface area (Å²) in [5.74, 6) is 0. The molecular formula is C18H22BrN. The van der Waals surface area contributed by atoms with Crippen LogP contribution >= 0.6 is 15.9 Å². The standard InChI is InChI=1S/C18H22BrN/c1-11-5-6-15(17(19)9-11)18(20)10-16-13(3)7-12(2)8-14(16)4/h5-9,18H,10,20H2,1-4H3. The van der Waals surface area contributed by atoms with Crippen LogP contribution in [0, 0.1) is 27.7 Å². The number of aryl methyl sites for hydroxylation is 4. The zero-order chi connectivity index (χ0) is 14.9. The highest BCUT2D eigenvalue weighted by atomic mass is 79.9. The van der Waals surface area contributed by atoms with Crippen molar-refractivity contribution in [2.45, 2.75) is 40.2 Å². The van der Waals surface area contributed by atoms with Crippen molar-refractivity contribution < 1.29 is 0 Å². The number of halogens is 1. The fraction of sp³-hybridized carbons (Fsp3) is 0.333. The van der Waals surface area contributed by atoms with Crippen molar-refractivity contribution in [3.8, 4) is 0 Å². The molecule has 2 heteroatoms. The molecule has 106 valence electrons. The van der Waals surface area contributed by atoms with Crippen LogP contribution in [0.4, 0.5) is 0 Å². The quantitative estimate of drug-likeness (QED) is 0.848. The summed E-state index contributed by atoms with van der Waals surface area (Å²) >= 11 is 3.63. The number of nitrogens with two attached hydrogens (primary N) is 1. The van der Waals surface area contributed by atoms with Crippen molar-refractivity contribution in [2.24, 2.45) is 5.73 Å².